The maximum absolute atomic E-state index is 9.90. The van der Waals surface area contributed by atoms with E-state index in [9.17, 15) is 5.11 Å². The van der Waals surface area contributed by atoms with Gasteiger partial charge in [0, 0.05) is 32.3 Å². The van der Waals surface area contributed by atoms with Gasteiger partial charge < -0.3 is 9.84 Å². The summed E-state index contributed by atoms with van der Waals surface area (Å²) in [5.41, 5.74) is 0.267. The molecule has 3 nitrogen and oxygen atoms in total. The van der Waals surface area contributed by atoms with Crippen LogP contribution in [0.4, 0.5) is 0 Å². The third kappa shape index (κ3) is 3.43. The van der Waals surface area contributed by atoms with Crippen LogP contribution in [0.25, 0.3) is 0 Å². The summed E-state index contributed by atoms with van der Waals surface area (Å²) in [6.07, 6.45) is 3.18. The highest BCUT2D eigenvalue weighted by molar-refractivity contribution is 4.93. The third-order valence-electron chi connectivity index (χ3n) is 4.21. The van der Waals surface area contributed by atoms with Gasteiger partial charge in [-0.3, -0.25) is 4.90 Å². The van der Waals surface area contributed by atoms with Gasteiger partial charge in [0.2, 0.25) is 0 Å². The number of β-amino-alcohol motifs (C(OH)–C–C–N with tert-alkyl or cyclic N) is 1. The van der Waals surface area contributed by atoms with Crippen LogP contribution in [-0.2, 0) is 4.74 Å². The van der Waals surface area contributed by atoms with Gasteiger partial charge in [0.25, 0.3) is 0 Å². The van der Waals surface area contributed by atoms with Crippen molar-refractivity contribution in [3.8, 4) is 0 Å². The van der Waals surface area contributed by atoms with Gasteiger partial charge in [-0.25, -0.2) is 0 Å². The molecule has 2 aliphatic heterocycles. The van der Waals surface area contributed by atoms with Gasteiger partial charge in [0.15, 0.2) is 0 Å². The van der Waals surface area contributed by atoms with E-state index >= 15 is 0 Å². The highest BCUT2D eigenvalue weighted by atomic mass is 16.5. The molecule has 100 valence electrons. The SMILES string of the molecule is CC(C)(C)C1C[C@H](O)CN1CC1CCOCC1. The Bertz CT molecular complexity index is 243. The van der Waals surface area contributed by atoms with E-state index < -0.39 is 0 Å². The van der Waals surface area contributed by atoms with E-state index in [1.54, 1.807) is 0 Å². The molecule has 0 spiro atoms. The molecule has 2 rings (SSSR count). The molecule has 2 aliphatic rings. The largest absolute Gasteiger partial charge is 0.392 e. The molecule has 0 saturated carbocycles. The second-order valence-electron chi connectivity index (χ2n) is 6.78. The molecule has 2 saturated heterocycles. The standard InChI is InChI=1S/C14H27NO2/c1-14(2,3)13-8-12(16)10-15(13)9-11-4-6-17-7-5-11/h11-13,16H,4-10H2,1-3H3/t12-,13?/m0/s1. The number of ether oxygens (including phenoxy) is 1. The fourth-order valence-electron chi connectivity index (χ4n) is 3.24. The number of nitrogens with zero attached hydrogens (tertiary/aromatic N) is 1. The number of likely N-dealkylation sites (tertiary alicyclic amines) is 1. The van der Waals surface area contributed by atoms with Crippen LogP contribution >= 0.6 is 0 Å². The Labute approximate surface area is 105 Å². The smallest absolute Gasteiger partial charge is 0.0682 e. The minimum absolute atomic E-state index is 0.126. The van der Waals surface area contributed by atoms with Crippen molar-refractivity contribution in [3.05, 3.63) is 0 Å². The average Bonchev–Trinajstić information content (AvgIpc) is 2.60. The summed E-state index contributed by atoms with van der Waals surface area (Å²) >= 11 is 0. The molecule has 1 unspecified atom stereocenters. The molecule has 0 radical (unpaired) electrons. The lowest BCUT2D eigenvalue weighted by Gasteiger charge is -2.37. The Kier molecular flexibility index (Phi) is 4.11. The van der Waals surface area contributed by atoms with E-state index in [1.807, 2.05) is 0 Å². The van der Waals surface area contributed by atoms with Crippen molar-refractivity contribution < 1.29 is 9.84 Å². The summed E-state index contributed by atoms with van der Waals surface area (Å²) in [5, 5.41) is 9.90. The molecule has 2 heterocycles. The van der Waals surface area contributed by atoms with E-state index in [1.165, 1.54) is 12.8 Å². The summed E-state index contributed by atoms with van der Waals surface area (Å²) in [7, 11) is 0. The monoisotopic (exact) mass is 241 g/mol. The highest BCUT2D eigenvalue weighted by Crippen LogP contribution is 2.34. The Morgan fingerprint density at radius 2 is 1.88 bits per heavy atom. The lowest BCUT2D eigenvalue weighted by atomic mass is 9.84. The molecule has 17 heavy (non-hydrogen) atoms. The van der Waals surface area contributed by atoms with Crippen LogP contribution in [0.2, 0.25) is 0 Å². The number of hydrogen-bond acceptors (Lipinski definition) is 3. The first-order valence-corrected chi connectivity index (χ1v) is 6.96. The van der Waals surface area contributed by atoms with E-state index in [0.717, 1.165) is 38.6 Å². The molecule has 0 amide bonds. The van der Waals surface area contributed by atoms with E-state index in [2.05, 4.69) is 25.7 Å². The second kappa shape index (κ2) is 5.25. The van der Waals surface area contributed by atoms with Crippen LogP contribution in [-0.4, -0.2) is 48.5 Å². The normalized spacial score (nSPS) is 33.2. The molecular weight excluding hydrogens is 214 g/mol. The Hall–Kier alpha value is -0.120. The molecule has 1 N–H and O–H groups in total. The first kappa shape index (κ1) is 13.3. The van der Waals surface area contributed by atoms with Crippen molar-refractivity contribution in [2.75, 3.05) is 26.3 Å². The zero-order valence-electron chi connectivity index (χ0n) is 11.5. The van der Waals surface area contributed by atoms with Crippen LogP contribution in [0.15, 0.2) is 0 Å². The second-order valence-corrected chi connectivity index (χ2v) is 6.78. The summed E-state index contributed by atoms with van der Waals surface area (Å²) in [5.74, 6) is 0.763. The first-order valence-electron chi connectivity index (χ1n) is 6.96. The van der Waals surface area contributed by atoms with Gasteiger partial charge in [0.05, 0.1) is 6.10 Å². The Morgan fingerprint density at radius 3 is 2.47 bits per heavy atom. The topological polar surface area (TPSA) is 32.7 Å². The highest BCUT2D eigenvalue weighted by Gasteiger charge is 2.39. The summed E-state index contributed by atoms with van der Waals surface area (Å²) in [6.45, 7) is 10.7. The molecule has 2 atom stereocenters. The van der Waals surface area contributed by atoms with Crippen molar-refractivity contribution in [1.82, 2.24) is 4.90 Å². The molecule has 0 aromatic rings. The van der Waals surface area contributed by atoms with Crippen molar-refractivity contribution >= 4 is 0 Å². The van der Waals surface area contributed by atoms with Gasteiger partial charge in [0.1, 0.15) is 0 Å². The average molecular weight is 241 g/mol. The summed E-state index contributed by atoms with van der Waals surface area (Å²) in [6, 6.07) is 0.528. The summed E-state index contributed by atoms with van der Waals surface area (Å²) < 4.78 is 5.41. The Balaban J connectivity index is 1.93. The molecule has 2 fully saturated rings. The predicted molar refractivity (Wildman–Crippen MR) is 69.0 cm³/mol. The molecule has 0 aromatic heterocycles. The van der Waals surface area contributed by atoms with Gasteiger partial charge in [-0.05, 0) is 30.6 Å². The van der Waals surface area contributed by atoms with Crippen LogP contribution in [0.1, 0.15) is 40.0 Å². The maximum Gasteiger partial charge on any atom is 0.0682 e. The fourth-order valence-corrected chi connectivity index (χ4v) is 3.24. The quantitative estimate of drug-likeness (QED) is 0.801. The van der Waals surface area contributed by atoms with Gasteiger partial charge >= 0.3 is 0 Å². The van der Waals surface area contributed by atoms with Crippen LogP contribution in [0.3, 0.4) is 0 Å². The molecule has 0 aromatic carbocycles. The van der Waals surface area contributed by atoms with E-state index in [0.29, 0.717) is 6.04 Å². The molecule has 3 heteroatoms. The van der Waals surface area contributed by atoms with Crippen molar-refractivity contribution in [3.63, 3.8) is 0 Å². The number of rotatable bonds is 2. The van der Waals surface area contributed by atoms with Crippen molar-refractivity contribution in [2.24, 2.45) is 11.3 Å². The van der Waals surface area contributed by atoms with Crippen molar-refractivity contribution in [2.45, 2.75) is 52.2 Å². The van der Waals surface area contributed by atoms with E-state index in [4.69, 9.17) is 4.74 Å². The minimum Gasteiger partial charge on any atom is -0.392 e. The van der Waals surface area contributed by atoms with Crippen LogP contribution in [0.5, 0.6) is 0 Å². The van der Waals surface area contributed by atoms with Gasteiger partial charge in [-0.2, -0.15) is 0 Å². The maximum atomic E-state index is 9.90. The molecular formula is C14H27NO2. The fraction of sp³-hybridized carbons (Fsp3) is 1.00. The lowest BCUT2D eigenvalue weighted by molar-refractivity contribution is 0.0399. The summed E-state index contributed by atoms with van der Waals surface area (Å²) in [4.78, 5) is 2.51. The molecule has 0 bridgehead atoms. The Morgan fingerprint density at radius 1 is 1.24 bits per heavy atom. The van der Waals surface area contributed by atoms with Crippen LogP contribution < -0.4 is 0 Å². The predicted octanol–water partition coefficient (Wildman–Crippen LogP) is 1.89. The minimum atomic E-state index is -0.126. The van der Waals surface area contributed by atoms with Gasteiger partial charge in [-0.1, -0.05) is 20.8 Å². The number of aliphatic hydroxyl groups excluding tert-OH is 1. The third-order valence-corrected chi connectivity index (χ3v) is 4.21. The van der Waals surface area contributed by atoms with Crippen molar-refractivity contribution in [1.29, 1.82) is 0 Å². The lowest BCUT2D eigenvalue weighted by Crippen LogP contribution is -2.42. The number of aliphatic hydroxyl groups is 1. The van der Waals surface area contributed by atoms with Gasteiger partial charge in [-0.15, -0.1) is 0 Å². The van der Waals surface area contributed by atoms with Crippen LogP contribution in [0, 0.1) is 11.3 Å². The molecule has 0 aliphatic carbocycles. The first-order chi connectivity index (χ1) is 7.97. The van der Waals surface area contributed by atoms with E-state index in [-0.39, 0.29) is 11.5 Å². The zero-order valence-corrected chi connectivity index (χ0v) is 11.5. The zero-order chi connectivity index (χ0) is 12.5. The number of hydrogen-bond donors (Lipinski definition) is 1.